The molecule has 1 saturated heterocycles. The number of carbonyl (C=O) groups excluding carboxylic acids is 1. The second-order valence-corrected chi connectivity index (χ2v) is 4.72. The van der Waals surface area contributed by atoms with Gasteiger partial charge in [-0.2, -0.15) is 0 Å². The van der Waals surface area contributed by atoms with Crippen LogP contribution in [0.2, 0.25) is 5.02 Å². The molecule has 2 N–H and O–H groups in total. The Labute approximate surface area is 103 Å². The van der Waals surface area contributed by atoms with Crippen LogP contribution in [0.1, 0.15) is 23.8 Å². The normalized spacial score (nSPS) is 24.0. The lowest BCUT2D eigenvalue weighted by Crippen LogP contribution is -2.42. The molecule has 5 nitrogen and oxygen atoms in total. The van der Waals surface area contributed by atoms with Gasteiger partial charge >= 0.3 is 5.97 Å². The van der Waals surface area contributed by atoms with Gasteiger partial charge in [-0.25, -0.2) is 4.79 Å². The van der Waals surface area contributed by atoms with Crippen molar-refractivity contribution in [3.05, 3.63) is 23.0 Å². The first kappa shape index (κ1) is 12.0. The second-order valence-electron chi connectivity index (χ2n) is 4.28. The molecule has 6 heteroatoms. The van der Waals surface area contributed by atoms with Crippen LogP contribution in [-0.4, -0.2) is 39.5 Å². The van der Waals surface area contributed by atoms with E-state index in [0.29, 0.717) is 23.7 Å². The number of carboxylic acid groups (broad SMARTS) is 1. The van der Waals surface area contributed by atoms with E-state index >= 15 is 0 Å². The van der Waals surface area contributed by atoms with Gasteiger partial charge in [-0.1, -0.05) is 18.5 Å². The Bertz CT molecular complexity index is 457. The van der Waals surface area contributed by atoms with Gasteiger partial charge in [0.2, 0.25) is 0 Å². The molecule has 1 aromatic heterocycles. The van der Waals surface area contributed by atoms with Gasteiger partial charge in [0.25, 0.3) is 5.91 Å². The van der Waals surface area contributed by atoms with Gasteiger partial charge in [-0.15, -0.1) is 0 Å². The summed E-state index contributed by atoms with van der Waals surface area (Å²) >= 11 is 5.72. The maximum Gasteiger partial charge on any atom is 0.326 e. The van der Waals surface area contributed by atoms with E-state index < -0.39 is 12.0 Å². The van der Waals surface area contributed by atoms with Gasteiger partial charge in [0.1, 0.15) is 11.7 Å². The fourth-order valence-electron chi connectivity index (χ4n) is 2.20. The largest absolute Gasteiger partial charge is 0.480 e. The zero-order chi connectivity index (χ0) is 12.6. The number of carboxylic acids is 1. The summed E-state index contributed by atoms with van der Waals surface area (Å²) in [5.74, 6) is -1.29. The predicted octanol–water partition coefficient (Wildman–Crippen LogP) is 1.60. The number of aromatic amines is 1. The molecule has 2 rings (SSSR count). The van der Waals surface area contributed by atoms with Gasteiger partial charge in [0.05, 0.1) is 5.02 Å². The van der Waals surface area contributed by atoms with E-state index in [-0.39, 0.29) is 11.8 Å². The van der Waals surface area contributed by atoms with Crippen LogP contribution in [0.25, 0.3) is 0 Å². The standard InChI is InChI=1S/C11H13ClN2O3/c1-6-2-3-14(9(6)11(16)17)10(15)8-4-7(12)5-13-8/h4-6,9,13H,2-3H2,1H3,(H,16,17). The fourth-order valence-corrected chi connectivity index (χ4v) is 2.36. The molecule has 2 heterocycles. The van der Waals surface area contributed by atoms with Gasteiger partial charge in [0, 0.05) is 12.7 Å². The van der Waals surface area contributed by atoms with E-state index in [1.807, 2.05) is 6.92 Å². The van der Waals surface area contributed by atoms with Gasteiger partial charge < -0.3 is 15.0 Å². The minimum Gasteiger partial charge on any atom is -0.480 e. The number of aliphatic carboxylic acids is 1. The van der Waals surface area contributed by atoms with Crippen LogP contribution in [0.5, 0.6) is 0 Å². The van der Waals surface area contributed by atoms with Crippen LogP contribution in [0.4, 0.5) is 0 Å². The lowest BCUT2D eigenvalue weighted by atomic mass is 10.0. The van der Waals surface area contributed by atoms with E-state index in [0.717, 1.165) is 0 Å². The summed E-state index contributed by atoms with van der Waals surface area (Å²) in [7, 11) is 0. The van der Waals surface area contributed by atoms with Crippen LogP contribution in [0, 0.1) is 5.92 Å². The van der Waals surface area contributed by atoms with Crippen molar-refractivity contribution >= 4 is 23.5 Å². The third kappa shape index (κ3) is 2.15. The summed E-state index contributed by atoms with van der Waals surface area (Å²) in [5, 5.41) is 9.56. The lowest BCUT2D eigenvalue weighted by Gasteiger charge is -2.22. The molecule has 1 aliphatic rings. The number of amides is 1. The highest BCUT2D eigenvalue weighted by Gasteiger charge is 2.40. The van der Waals surface area contributed by atoms with Crippen LogP contribution in [0.3, 0.4) is 0 Å². The number of halogens is 1. The quantitative estimate of drug-likeness (QED) is 0.844. The average molecular weight is 257 g/mol. The summed E-state index contributed by atoms with van der Waals surface area (Å²) in [5.41, 5.74) is 0.329. The number of likely N-dealkylation sites (tertiary alicyclic amines) is 1. The molecule has 17 heavy (non-hydrogen) atoms. The number of carbonyl (C=O) groups is 2. The Morgan fingerprint density at radius 1 is 1.59 bits per heavy atom. The highest BCUT2D eigenvalue weighted by molar-refractivity contribution is 6.31. The number of aromatic nitrogens is 1. The van der Waals surface area contributed by atoms with Crippen molar-refractivity contribution in [2.45, 2.75) is 19.4 Å². The van der Waals surface area contributed by atoms with Gasteiger partial charge in [-0.05, 0) is 18.4 Å². The highest BCUT2D eigenvalue weighted by atomic mass is 35.5. The maximum atomic E-state index is 12.1. The molecule has 0 radical (unpaired) electrons. The van der Waals surface area contributed by atoms with Crippen molar-refractivity contribution in [2.24, 2.45) is 5.92 Å². The molecule has 0 saturated carbocycles. The Morgan fingerprint density at radius 2 is 2.29 bits per heavy atom. The smallest absolute Gasteiger partial charge is 0.326 e. The SMILES string of the molecule is CC1CCN(C(=O)c2cc(Cl)c[nH]2)C1C(=O)O. The third-order valence-electron chi connectivity index (χ3n) is 3.09. The maximum absolute atomic E-state index is 12.1. The number of hydrogen-bond acceptors (Lipinski definition) is 2. The number of rotatable bonds is 2. The van der Waals surface area contributed by atoms with Crippen molar-refractivity contribution in [2.75, 3.05) is 6.54 Å². The summed E-state index contributed by atoms with van der Waals surface area (Å²) in [4.78, 5) is 27.4. The molecule has 1 amide bonds. The predicted molar refractivity (Wildman–Crippen MR) is 62.0 cm³/mol. The van der Waals surface area contributed by atoms with Crippen molar-refractivity contribution < 1.29 is 14.7 Å². The first-order valence-electron chi connectivity index (χ1n) is 5.38. The summed E-state index contributed by atoms with van der Waals surface area (Å²) in [6.07, 6.45) is 2.21. The molecule has 2 unspecified atom stereocenters. The van der Waals surface area contributed by atoms with Crippen LogP contribution >= 0.6 is 11.6 Å². The van der Waals surface area contributed by atoms with Crippen LogP contribution in [-0.2, 0) is 4.79 Å². The first-order chi connectivity index (χ1) is 8.00. The molecular formula is C11H13ClN2O3. The van der Waals surface area contributed by atoms with Gasteiger partial charge in [0.15, 0.2) is 0 Å². The van der Waals surface area contributed by atoms with Crippen molar-refractivity contribution in [3.8, 4) is 0 Å². The molecule has 2 atom stereocenters. The zero-order valence-corrected chi connectivity index (χ0v) is 10.1. The van der Waals surface area contributed by atoms with Crippen molar-refractivity contribution in [3.63, 3.8) is 0 Å². The minimum absolute atomic E-state index is 0.0260. The first-order valence-corrected chi connectivity index (χ1v) is 5.76. The molecule has 92 valence electrons. The minimum atomic E-state index is -0.957. The molecular weight excluding hydrogens is 244 g/mol. The molecule has 0 aliphatic carbocycles. The zero-order valence-electron chi connectivity index (χ0n) is 9.31. The van der Waals surface area contributed by atoms with E-state index in [9.17, 15) is 9.59 Å². The van der Waals surface area contributed by atoms with Crippen molar-refractivity contribution in [1.82, 2.24) is 9.88 Å². The van der Waals surface area contributed by atoms with Crippen molar-refractivity contribution in [1.29, 1.82) is 0 Å². The summed E-state index contributed by atoms with van der Waals surface area (Å²) in [6, 6.07) is 0.760. The monoisotopic (exact) mass is 256 g/mol. The fraction of sp³-hybridized carbons (Fsp3) is 0.455. The Hall–Kier alpha value is -1.49. The second kappa shape index (κ2) is 4.41. The van der Waals surface area contributed by atoms with Crippen LogP contribution in [0.15, 0.2) is 12.3 Å². The van der Waals surface area contributed by atoms with Crippen LogP contribution < -0.4 is 0 Å². The topological polar surface area (TPSA) is 73.4 Å². The average Bonchev–Trinajstić information content (AvgIpc) is 2.83. The number of H-pyrrole nitrogens is 1. The Kier molecular flexibility index (Phi) is 3.11. The van der Waals surface area contributed by atoms with E-state index in [4.69, 9.17) is 16.7 Å². The lowest BCUT2D eigenvalue weighted by molar-refractivity contribution is -0.142. The number of hydrogen-bond donors (Lipinski definition) is 2. The van der Waals surface area contributed by atoms with E-state index in [1.165, 1.54) is 17.2 Å². The summed E-state index contributed by atoms with van der Waals surface area (Å²) < 4.78 is 0. The Morgan fingerprint density at radius 3 is 2.82 bits per heavy atom. The van der Waals surface area contributed by atoms with Gasteiger partial charge in [-0.3, -0.25) is 4.79 Å². The van der Waals surface area contributed by atoms with E-state index in [1.54, 1.807) is 0 Å². The number of nitrogens with zero attached hydrogens (tertiary/aromatic N) is 1. The molecule has 0 spiro atoms. The molecule has 1 aliphatic heterocycles. The van der Waals surface area contributed by atoms with E-state index in [2.05, 4.69) is 4.98 Å². The molecule has 0 bridgehead atoms. The highest BCUT2D eigenvalue weighted by Crippen LogP contribution is 2.26. The molecule has 0 aromatic carbocycles. The Balaban J connectivity index is 2.22. The number of nitrogens with one attached hydrogen (secondary N) is 1. The molecule has 1 fully saturated rings. The summed E-state index contributed by atoms with van der Waals surface area (Å²) in [6.45, 7) is 2.31. The molecule has 1 aromatic rings. The third-order valence-corrected chi connectivity index (χ3v) is 3.31.